The molecule has 5 rings (SSSR count). The van der Waals surface area contributed by atoms with Crippen molar-refractivity contribution in [2.75, 3.05) is 43.4 Å². The molecule has 1 saturated heterocycles. The highest BCUT2D eigenvalue weighted by Gasteiger charge is 2.25. The smallest absolute Gasteiger partial charge is 0.260 e. The highest BCUT2D eigenvalue weighted by molar-refractivity contribution is 7.18. The lowest BCUT2D eigenvalue weighted by Crippen LogP contribution is -2.50. The molecule has 4 aromatic rings. The summed E-state index contributed by atoms with van der Waals surface area (Å²) in [5.74, 6) is 1.18. The zero-order valence-corrected chi connectivity index (χ0v) is 20.2. The molecule has 0 bridgehead atoms. The van der Waals surface area contributed by atoms with E-state index in [1.807, 2.05) is 0 Å². The van der Waals surface area contributed by atoms with Crippen molar-refractivity contribution >= 4 is 39.4 Å². The van der Waals surface area contributed by atoms with E-state index in [0.717, 1.165) is 21.8 Å². The van der Waals surface area contributed by atoms with E-state index in [1.165, 1.54) is 35.6 Å². The van der Waals surface area contributed by atoms with Crippen LogP contribution < -0.4 is 15.4 Å². The van der Waals surface area contributed by atoms with Crippen molar-refractivity contribution in [1.29, 1.82) is 0 Å². The summed E-state index contributed by atoms with van der Waals surface area (Å²) in [4.78, 5) is 30.8. The number of rotatable bonds is 7. The van der Waals surface area contributed by atoms with E-state index in [-0.39, 0.29) is 30.0 Å². The van der Waals surface area contributed by atoms with E-state index in [2.05, 4.69) is 14.9 Å². The van der Waals surface area contributed by atoms with Crippen molar-refractivity contribution < 1.29 is 19.0 Å². The van der Waals surface area contributed by atoms with E-state index in [0.29, 0.717) is 49.7 Å². The summed E-state index contributed by atoms with van der Waals surface area (Å²) >= 11 is 1.48. The van der Waals surface area contributed by atoms with Gasteiger partial charge in [0, 0.05) is 32.6 Å². The Labute approximate surface area is 211 Å². The van der Waals surface area contributed by atoms with Crippen molar-refractivity contribution in [2.24, 2.45) is 0 Å². The van der Waals surface area contributed by atoms with E-state index in [4.69, 9.17) is 15.5 Å². The number of nitrogens with two attached hydrogens (primary N) is 1. The number of hydrogen-bond donors (Lipinski definition) is 2. The van der Waals surface area contributed by atoms with E-state index < -0.39 is 0 Å². The highest BCUT2D eigenvalue weighted by atomic mass is 32.1. The molecule has 11 heteroatoms. The van der Waals surface area contributed by atoms with Crippen LogP contribution in [0.2, 0.25) is 0 Å². The molecule has 3 heterocycles. The molecule has 1 fully saturated rings. The number of anilines is 2. The van der Waals surface area contributed by atoms with Crippen molar-refractivity contribution in [3.63, 3.8) is 0 Å². The average molecular weight is 509 g/mol. The monoisotopic (exact) mass is 508 g/mol. The van der Waals surface area contributed by atoms with Crippen LogP contribution in [0.25, 0.3) is 10.3 Å². The van der Waals surface area contributed by atoms with Crippen LogP contribution in [-0.2, 0) is 17.6 Å². The number of nitrogens with zero attached hydrogens (tertiary/aromatic N) is 5. The van der Waals surface area contributed by atoms with Gasteiger partial charge in [-0.1, -0.05) is 23.5 Å². The van der Waals surface area contributed by atoms with Gasteiger partial charge >= 0.3 is 0 Å². The predicted octanol–water partition coefficient (Wildman–Crippen LogP) is 3.03. The first-order valence-electron chi connectivity index (χ1n) is 11.6. The first kappa shape index (κ1) is 23.7. The van der Waals surface area contributed by atoms with Crippen LogP contribution in [0.15, 0.2) is 48.5 Å². The van der Waals surface area contributed by atoms with Gasteiger partial charge in [-0.2, -0.15) is 4.98 Å². The molecule has 0 radical (unpaired) electrons. The lowest BCUT2D eigenvalue weighted by molar-refractivity contribution is -0.133. The summed E-state index contributed by atoms with van der Waals surface area (Å²) < 4.78 is 18.7. The van der Waals surface area contributed by atoms with Gasteiger partial charge in [0.2, 0.25) is 5.95 Å². The third-order valence-electron chi connectivity index (χ3n) is 5.97. The number of piperazine rings is 1. The van der Waals surface area contributed by atoms with Crippen LogP contribution in [0.1, 0.15) is 10.6 Å². The zero-order chi connectivity index (χ0) is 25.1. The van der Waals surface area contributed by atoms with Gasteiger partial charge in [0.15, 0.2) is 17.3 Å². The number of aromatic nitrogens is 3. The second kappa shape index (κ2) is 10.3. The number of carbonyl (C=O) groups is 1. The van der Waals surface area contributed by atoms with Crippen molar-refractivity contribution in [1.82, 2.24) is 19.9 Å². The molecule has 36 heavy (non-hydrogen) atoms. The van der Waals surface area contributed by atoms with Crippen LogP contribution in [-0.4, -0.2) is 63.7 Å². The topological polar surface area (TPSA) is 118 Å². The molecule has 0 saturated carbocycles. The molecule has 2 aromatic carbocycles. The molecule has 1 aliphatic heterocycles. The van der Waals surface area contributed by atoms with Crippen molar-refractivity contribution in [2.45, 2.75) is 12.8 Å². The summed E-state index contributed by atoms with van der Waals surface area (Å²) in [6.45, 7) is 2.13. The lowest BCUT2D eigenvalue weighted by atomic mass is 10.1. The third kappa shape index (κ3) is 5.46. The summed E-state index contributed by atoms with van der Waals surface area (Å²) in [5.41, 5.74) is 7.74. The molecule has 0 unspecified atom stereocenters. The number of ether oxygens (including phenoxy) is 1. The van der Waals surface area contributed by atoms with Crippen LogP contribution in [0, 0.1) is 5.82 Å². The molecule has 9 nitrogen and oxygen atoms in total. The van der Waals surface area contributed by atoms with E-state index in [9.17, 15) is 14.3 Å². The summed E-state index contributed by atoms with van der Waals surface area (Å²) in [6, 6.07) is 12.7. The molecule has 0 atom stereocenters. The number of fused-ring (bicyclic) bond motifs is 1. The zero-order valence-electron chi connectivity index (χ0n) is 19.4. The van der Waals surface area contributed by atoms with Crippen LogP contribution in [0.5, 0.6) is 11.5 Å². The van der Waals surface area contributed by atoms with Gasteiger partial charge in [-0.15, -0.1) is 0 Å². The molecule has 3 N–H and O–H groups in total. The van der Waals surface area contributed by atoms with Gasteiger partial charge in [0.05, 0.1) is 5.01 Å². The number of benzene rings is 2. The standard InChI is InChI=1S/C25H25FN6O3S/c26-17-4-1-16(2-5-17)3-10-20-28-22-23(29-25(27)30-24(22)36-20)32-13-11-31(12-14-32)21(34)15-35-19-8-6-18(33)7-9-19/h1-2,4-9,33H,3,10-15H2,(H2,27,29,30). The van der Waals surface area contributed by atoms with Gasteiger partial charge in [-0.05, 0) is 48.4 Å². The molecule has 1 aliphatic rings. The van der Waals surface area contributed by atoms with Gasteiger partial charge in [-0.3, -0.25) is 4.79 Å². The largest absolute Gasteiger partial charge is 0.508 e. The van der Waals surface area contributed by atoms with Gasteiger partial charge < -0.3 is 25.4 Å². The minimum absolute atomic E-state index is 0.0705. The van der Waals surface area contributed by atoms with Gasteiger partial charge in [0.25, 0.3) is 5.91 Å². The first-order valence-corrected chi connectivity index (χ1v) is 12.4. The number of phenols is 1. The Balaban J connectivity index is 1.22. The Morgan fingerprint density at radius 1 is 1.00 bits per heavy atom. The molecule has 0 spiro atoms. The number of hydrogen-bond acceptors (Lipinski definition) is 9. The maximum atomic E-state index is 13.2. The van der Waals surface area contributed by atoms with Crippen LogP contribution in [0.4, 0.5) is 16.2 Å². The molecular weight excluding hydrogens is 483 g/mol. The minimum atomic E-state index is -0.249. The fourth-order valence-electron chi connectivity index (χ4n) is 4.04. The van der Waals surface area contributed by atoms with Crippen molar-refractivity contribution in [3.8, 4) is 11.5 Å². The second-order valence-electron chi connectivity index (χ2n) is 8.44. The highest BCUT2D eigenvalue weighted by Crippen LogP contribution is 2.30. The average Bonchev–Trinajstić information content (AvgIpc) is 3.30. The normalized spacial score (nSPS) is 13.8. The number of aryl methyl sites for hydroxylation is 2. The second-order valence-corrected chi connectivity index (χ2v) is 9.51. The molecular formula is C25H25FN6O3S. The maximum Gasteiger partial charge on any atom is 0.260 e. The van der Waals surface area contributed by atoms with Crippen LogP contribution in [0.3, 0.4) is 0 Å². The number of carbonyl (C=O) groups excluding carboxylic acids is 1. The van der Waals surface area contributed by atoms with Gasteiger partial charge in [0.1, 0.15) is 22.8 Å². The van der Waals surface area contributed by atoms with Crippen LogP contribution >= 0.6 is 11.3 Å². The Kier molecular flexibility index (Phi) is 6.81. The molecule has 186 valence electrons. The number of amides is 1. The minimum Gasteiger partial charge on any atom is -0.508 e. The summed E-state index contributed by atoms with van der Waals surface area (Å²) in [6.07, 6.45) is 1.45. The lowest BCUT2D eigenvalue weighted by Gasteiger charge is -2.35. The fraction of sp³-hybridized carbons (Fsp3) is 0.280. The molecule has 1 amide bonds. The van der Waals surface area contributed by atoms with Gasteiger partial charge in [-0.25, -0.2) is 14.4 Å². The number of phenolic OH excluding ortho intramolecular Hbond substituents is 1. The Morgan fingerprint density at radius 3 is 2.44 bits per heavy atom. The number of thiazole rings is 1. The summed E-state index contributed by atoms with van der Waals surface area (Å²) in [7, 11) is 0. The van der Waals surface area contributed by atoms with E-state index in [1.54, 1.807) is 29.2 Å². The van der Waals surface area contributed by atoms with Crippen molar-refractivity contribution in [3.05, 3.63) is 64.9 Å². The SMILES string of the molecule is Nc1nc(N2CCN(C(=O)COc3ccc(O)cc3)CC2)c2nc(CCc3ccc(F)cc3)sc2n1. The summed E-state index contributed by atoms with van der Waals surface area (Å²) in [5, 5.41) is 10.3. The fourth-order valence-corrected chi connectivity index (χ4v) is 4.98. The predicted molar refractivity (Wildman–Crippen MR) is 136 cm³/mol. The van der Waals surface area contributed by atoms with E-state index >= 15 is 0 Å². The maximum absolute atomic E-state index is 13.2. The number of nitrogen functional groups attached to an aromatic ring is 1. The number of halogens is 1. The Hall–Kier alpha value is -3.99. The number of aromatic hydroxyl groups is 1. The molecule has 0 aliphatic carbocycles. The first-order chi connectivity index (χ1) is 17.4. The Bertz CT molecular complexity index is 1350. The third-order valence-corrected chi connectivity index (χ3v) is 6.98. The Morgan fingerprint density at radius 2 is 1.72 bits per heavy atom. The quantitative estimate of drug-likeness (QED) is 0.391. The molecule has 2 aromatic heterocycles.